The zero-order valence-corrected chi connectivity index (χ0v) is 18.1. The van der Waals surface area contributed by atoms with Gasteiger partial charge < -0.3 is 15.5 Å². The van der Waals surface area contributed by atoms with Crippen LogP contribution in [0.5, 0.6) is 0 Å². The molecule has 5 nitrogen and oxygen atoms in total. The quantitative estimate of drug-likeness (QED) is 0.600. The van der Waals surface area contributed by atoms with Crippen molar-refractivity contribution in [1.29, 1.82) is 0 Å². The normalized spacial score (nSPS) is 23.9. The first-order chi connectivity index (χ1) is 13.7. The van der Waals surface area contributed by atoms with Crippen molar-refractivity contribution in [2.24, 2.45) is 16.7 Å². The molecule has 1 aliphatic rings. The minimum atomic E-state index is -4.25. The van der Waals surface area contributed by atoms with Gasteiger partial charge in [-0.1, -0.05) is 39.0 Å². The number of rotatable bonds is 6. The van der Waals surface area contributed by atoms with E-state index in [4.69, 9.17) is 10.2 Å². The summed E-state index contributed by atoms with van der Waals surface area (Å²) >= 11 is 0. The van der Waals surface area contributed by atoms with Gasteiger partial charge in [-0.05, 0) is 56.7 Å². The molecule has 0 radical (unpaired) electrons. The Labute approximate surface area is 175 Å². The van der Waals surface area contributed by atoms with Gasteiger partial charge in [0.15, 0.2) is 0 Å². The predicted molar refractivity (Wildman–Crippen MR) is 108 cm³/mol. The summed E-state index contributed by atoms with van der Waals surface area (Å²) in [5, 5.41) is 21.3. The molecule has 0 amide bonds. The molecule has 0 bridgehead atoms. The van der Waals surface area contributed by atoms with E-state index in [1.54, 1.807) is 26.8 Å². The largest absolute Gasteiger partial charge is 0.481 e. The van der Waals surface area contributed by atoms with Gasteiger partial charge in [0.2, 0.25) is 0 Å². The highest BCUT2D eigenvalue weighted by molar-refractivity contribution is 5.80. The Kier molecular flexibility index (Phi) is 8.49. The summed E-state index contributed by atoms with van der Waals surface area (Å²) in [7, 11) is 0. The van der Waals surface area contributed by atoms with Gasteiger partial charge in [-0.15, -0.1) is 0 Å². The van der Waals surface area contributed by atoms with Crippen molar-refractivity contribution >= 4 is 11.9 Å². The fourth-order valence-corrected chi connectivity index (χ4v) is 3.96. The first-order valence-electron chi connectivity index (χ1n) is 10.0. The number of hydrogen-bond acceptors (Lipinski definition) is 3. The summed E-state index contributed by atoms with van der Waals surface area (Å²) in [5.41, 5.74) is -1.47. The molecule has 1 saturated carbocycles. The first-order valence-corrected chi connectivity index (χ1v) is 10.0. The Morgan fingerprint density at radius 1 is 1.23 bits per heavy atom. The first kappa shape index (κ1) is 25.9. The maximum atomic E-state index is 12.4. The molecule has 1 aromatic rings. The highest BCUT2D eigenvalue weighted by Gasteiger charge is 2.58. The van der Waals surface area contributed by atoms with Crippen molar-refractivity contribution in [3.8, 4) is 0 Å². The van der Waals surface area contributed by atoms with Crippen LogP contribution in [0.1, 0.15) is 58.6 Å². The van der Waals surface area contributed by atoms with Crippen LogP contribution < -0.4 is 5.32 Å². The summed E-state index contributed by atoms with van der Waals surface area (Å²) in [5.74, 6) is -2.34. The Morgan fingerprint density at radius 3 is 2.23 bits per heavy atom. The summed E-state index contributed by atoms with van der Waals surface area (Å²) in [6.07, 6.45) is -2.76. The molecule has 3 N–H and O–H groups in total. The van der Waals surface area contributed by atoms with Gasteiger partial charge in [0.05, 0.1) is 16.9 Å². The van der Waals surface area contributed by atoms with Crippen LogP contribution in [0.3, 0.4) is 0 Å². The number of alkyl halides is 3. The third-order valence-corrected chi connectivity index (χ3v) is 6.35. The lowest BCUT2D eigenvalue weighted by atomic mass is 9.66. The van der Waals surface area contributed by atoms with Crippen molar-refractivity contribution in [3.63, 3.8) is 0 Å². The fourth-order valence-electron chi connectivity index (χ4n) is 3.96. The second-order valence-electron chi connectivity index (χ2n) is 8.65. The molecule has 0 spiro atoms. The maximum Gasteiger partial charge on any atom is 0.416 e. The smallest absolute Gasteiger partial charge is 0.416 e. The molecule has 170 valence electrons. The van der Waals surface area contributed by atoms with Gasteiger partial charge >= 0.3 is 18.1 Å². The highest BCUT2D eigenvalue weighted by Crippen LogP contribution is 2.56. The molecule has 0 aliphatic heterocycles. The third kappa shape index (κ3) is 5.97. The summed E-state index contributed by atoms with van der Waals surface area (Å²) in [4.78, 5) is 22.0. The van der Waals surface area contributed by atoms with Crippen LogP contribution in [0.4, 0.5) is 13.2 Å². The monoisotopic (exact) mass is 431 g/mol. The molecule has 1 aliphatic carbocycles. The zero-order chi connectivity index (χ0) is 23.3. The molecular formula is C22H32F3NO4. The van der Waals surface area contributed by atoms with Gasteiger partial charge in [0.1, 0.15) is 0 Å². The molecule has 2 rings (SSSR count). The lowest BCUT2D eigenvalue weighted by Crippen LogP contribution is -2.42. The Hall–Kier alpha value is -2.09. The molecule has 0 saturated heterocycles. The predicted octanol–water partition coefficient (Wildman–Crippen LogP) is 4.84. The van der Waals surface area contributed by atoms with E-state index < -0.39 is 40.4 Å². The lowest BCUT2D eigenvalue weighted by molar-refractivity contribution is -0.157. The van der Waals surface area contributed by atoms with E-state index in [0.29, 0.717) is 24.8 Å². The van der Waals surface area contributed by atoms with E-state index in [1.165, 1.54) is 12.1 Å². The molecular weight excluding hydrogens is 399 g/mol. The van der Waals surface area contributed by atoms with Crippen LogP contribution in [-0.2, 0) is 22.2 Å². The Morgan fingerprint density at radius 2 is 1.83 bits per heavy atom. The molecule has 30 heavy (non-hydrogen) atoms. The second-order valence-corrected chi connectivity index (χ2v) is 8.65. The standard InChI is InChI=1S/C12H16F3N.C10H16O4/c1-3-16-9(2)7-10-5-4-6-11(8-10)12(13,14)15;1-9(2)6(7(11)12)4-5-10(9,3)8(13)14/h4-6,8-9,16H,3,7H2,1-2H3;6H,4-5H2,1-3H3,(H,11,12)(H,13,14)/t9-;6-,10+/m10/s1. The Balaban J connectivity index is 0.000000303. The van der Waals surface area contributed by atoms with Gasteiger partial charge in [-0.25, -0.2) is 0 Å². The van der Waals surface area contributed by atoms with Gasteiger partial charge in [0, 0.05) is 6.04 Å². The van der Waals surface area contributed by atoms with Crippen LogP contribution in [-0.4, -0.2) is 34.7 Å². The maximum absolute atomic E-state index is 12.4. The SMILES string of the molecule is CC1(C)[C@H](C(=O)O)CC[C@]1(C)C(=O)O.CCN[C@H](C)Cc1cccc(C(F)(F)F)c1. The topological polar surface area (TPSA) is 86.6 Å². The van der Waals surface area contributed by atoms with E-state index in [-0.39, 0.29) is 6.04 Å². The van der Waals surface area contributed by atoms with E-state index in [0.717, 1.165) is 12.6 Å². The van der Waals surface area contributed by atoms with Gasteiger partial charge in [-0.2, -0.15) is 13.2 Å². The molecule has 1 aromatic carbocycles. The van der Waals surface area contributed by atoms with Crippen molar-refractivity contribution in [1.82, 2.24) is 5.32 Å². The number of likely N-dealkylation sites (N-methyl/N-ethyl adjacent to an activating group) is 1. The number of benzene rings is 1. The van der Waals surface area contributed by atoms with E-state index in [9.17, 15) is 22.8 Å². The van der Waals surface area contributed by atoms with Crippen molar-refractivity contribution in [2.45, 2.75) is 66.1 Å². The van der Waals surface area contributed by atoms with Crippen LogP contribution in [0.15, 0.2) is 24.3 Å². The molecule has 1 fully saturated rings. The number of carboxylic acid groups (broad SMARTS) is 2. The lowest BCUT2D eigenvalue weighted by Gasteiger charge is -2.36. The molecule has 8 heteroatoms. The molecule has 3 atom stereocenters. The number of carboxylic acids is 2. The molecule has 0 heterocycles. The number of hydrogen-bond donors (Lipinski definition) is 3. The summed E-state index contributed by atoms with van der Waals surface area (Å²) < 4.78 is 37.3. The Bertz CT molecular complexity index is 748. The van der Waals surface area contributed by atoms with Crippen LogP contribution in [0.2, 0.25) is 0 Å². The summed E-state index contributed by atoms with van der Waals surface area (Å²) in [6, 6.07) is 5.68. The summed E-state index contributed by atoms with van der Waals surface area (Å²) in [6.45, 7) is 9.85. The van der Waals surface area contributed by atoms with Gasteiger partial charge in [0.25, 0.3) is 0 Å². The number of carbonyl (C=O) groups is 2. The van der Waals surface area contributed by atoms with Crippen molar-refractivity contribution < 1.29 is 33.0 Å². The van der Waals surface area contributed by atoms with Crippen molar-refractivity contribution in [2.75, 3.05) is 6.54 Å². The van der Waals surface area contributed by atoms with E-state index in [2.05, 4.69) is 5.32 Å². The highest BCUT2D eigenvalue weighted by atomic mass is 19.4. The van der Waals surface area contributed by atoms with Crippen molar-refractivity contribution in [3.05, 3.63) is 35.4 Å². The van der Waals surface area contributed by atoms with Crippen LogP contribution in [0, 0.1) is 16.7 Å². The number of halogens is 3. The van der Waals surface area contributed by atoms with Crippen LogP contribution in [0.25, 0.3) is 0 Å². The molecule has 0 aromatic heterocycles. The number of aliphatic carboxylic acids is 2. The minimum Gasteiger partial charge on any atom is -0.481 e. The van der Waals surface area contributed by atoms with Gasteiger partial charge in [-0.3, -0.25) is 9.59 Å². The van der Waals surface area contributed by atoms with Crippen LogP contribution >= 0.6 is 0 Å². The average Bonchev–Trinajstić information content (AvgIpc) is 2.86. The number of nitrogens with one attached hydrogen (secondary N) is 1. The molecule has 0 unspecified atom stereocenters. The average molecular weight is 431 g/mol. The third-order valence-electron chi connectivity index (χ3n) is 6.35. The van der Waals surface area contributed by atoms with E-state index in [1.807, 2.05) is 13.8 Å². The second kappa shape index (κ2) is 9.81. The fraction of sp³-hybridized carbons (Fsp3) is 0.636. The van der Waals surface area contributed by atoms with E-state index >= 15 is 0 Å². The zero-order valence-electron chi connectivity index (χ0n) is 18.1. The minimum absolute atomic E-state index is 0.188.